The minimum absolute atomic E-state index is 0.0118. The predicted octanol–water partition coefficient (Wildman–Crippen LogP) is 3.33. The zero-order chi connectivity index (χ0) is 19.2. The quantitative estimate of drug-likeness (QED) is 0.783. The van der Waals surface area contributed by atoms with E-state index in [1.165, 1.54) is 12.1 Å². The Morgan fingerprint density at radius 1 is 1.15 bits per heavy atom. The number of nitrogens with one attached hydrogen (secondary N) is 1. The van der Waals surface area contributed by atoms with E-state index in [-0.39, 0.29) is 30.0 Å². The summed E-state index contributed by atoms with van der Waals surface area (Å²) in [4.78, 5) is 14.5. The molecule has 2 aromatic carbocycles. The highest BCUT2D eigenvalue weighted by atomic mass is 19.1. The largest absolute Gasteiger partial charge is 0.381 e. The van der Waals surface area contributed by atoms with Gasteiger partial charge >= 0.3 is 0 Å². The highest BCUT2D eigenvalue weighted by Crippen LogP contribution is 2.21. The van der Waals surface area contributed by atoms with E-state index in [1.54, 1.807) is 36.4 Å². The van der Waals surface area contributed by atoms with Gasteiger partial charge in [0.2, 0.25) is 5.91 Å². The minimum atomic E-state index is -0.435. The first-order valence-corrected chi connectivity index (χ1v) is 9.31. The molecule has 1 aliphatic heterocycles. The first-order valence-electron chi connectivity index (χ1n) is 9.31. The molecule has 2 aromatic rings. The zero-order valence-electron chi connectivity index (χ0n) is 15.2. The summed E-state index contributed by atoms with van der Waals surface area (Å²) in [5, 5.41) is 3.09. The summed E-state index contributed by atoms with van der Waals surface area (Å²) in [5.41, 5.74) is 7.06. The maximum Gasteiger partial charge on any atom is 0.224 e. The molecule has 144 valence electrons. The van der Waals surface area contributed by atoms with Crippen molar-refractivity contribution in [2.24, 2.45) is 5.73 Å². The lowest BCUT2D eigenvalue weighted by Crippen LogP contribution is -2.42. The normalized spacial score (nSPS) is 17.7. The molecule has 1 aliphatic rings. The Labute approximate surface area is 158 Å². The third kappa shape index (κ3) is 5.04. The van der Waals surface area contributed by atoms with E-state index in [0.717, 1.165) is 12.8 Å². The van der Waals surface area contributed by atoms with Gasteiger partial charge in [-0.1, -0.05) is 30.3 Å². The number of hydrogen-bond acceptors (Lipinski definition) is 3. The van der Waals surface area contributed by atoms with Gasteiger partial charge in [0.15, 0.2) is 0 Å². The van der Waals surface area contributed by atoms with Crippen molar-refractivity contribution in [3.05, 3.63) is 65.7 Å². The number of para-hydroxylation sites is 1. The number of nitrogens with zero attached hydrogens (tertiary/aromatic N) is 1. The molecule has 2 atom stereocenters. The number of carbonyl (C=O) groups is 1. The summed E-state index contributed by atoms with van der Waals surface area (Å²) in [6.45, 7) is 1.17. The van der Waals surface area contributed by atoms with Crippen LogP contribution in [0.15, 0.2) is 48.5 Å². The van der Waals surface area contributed by atoms with Gasteiger partial charge in [-0.2, -0.15) is 0 Å². The van der Waals surface area contributed by atoms with Crippen LogP contribution in [-0.2, 0) is 11.2 Å². The molecule has 3 N–H and O–H groups in total. The van der Waals surface area contributed by atoms with Crippen LogP contribution in [0.4, 0.5) is 14.5 Å². The van der Waals surface area contributed by atoms with E-state index in [2.05, 4.69) is 5.32 Å². The van der Waals surface area contributed by atoms with Crippen LogP contribution in [0.2, 0.25) is 0 Å². The van der Waals surface area contributed by atoms with Crippen molar-refractivity contribution in [1.82, 2.24) is 4.90 Å². The van der Waals surface area contributed by atoms with Gasteiger partial charge in [-0.25, -0.2) is 8.78 Å². The topological polar surface area (TPSA) is 58.4 Å². The van der Waals surface area contributed by atoms with Gasteiger partial charge in [0.25, 0.3) is 0 Å². The van der Waals surface area contributed by atoms with Crippen LogP contribution in [0.5, 0.6) is 0 Å². The molecular weight excluding hydrogens is 348 g/mol. The molecule has 0 bridgehead atoms. The van der Waals surface area contributed by atoms with Crippen molar-refractivity contribution < 1.29 is 13.6 Å². The fourth-order valence-electron chi connectivity index (χ4n) is 3.57. The van der Waals surface area contributed by atoms with E-state index in [1.807, 2.05) is 4.90 Å². The van der Waals surface area contributed by atoms with E-state index in [4.69, 9.17) is 5.73 Å². The number of anilines is 1. The van der Waals surface area contributed by atoms with Crippen molar-refractivity contribution >= 4 is 11.6 Å². The molecule has 0 saturated carbocycles. The van der Waals surface area contributed by atoms with Gasteiger partial charge in [0, 0.05) is 31.6 Å². The number of benzene rings is 2. The zero-order valence-corrected chi connectivity index (χ0v) is 15.2. The average Bonchev–Trinajstić information content (AvgIpc) is 3.12. The first kappa shape index (κ1) is 19.3. The summed E-state index contributed by atoms with van der Waals surface area (Å²) in [6, 6.07) is 12.6. The van der Waals surface area contributed by atoms with E-state index in [9.17, 15) is 13.6 Å². The Kier molecular flexibility index (Phi) is 6.40. The second kappa shape index (κ2) is 8.95. The van der Waals surface area contributed by atoms with E-state index in [0.29, 0.717) is 30.8 Å². The summed E-state index contributed by atoms with van der Waals surface area (Å²) >= 11 is 0. The van der Waals surface area contributed by atoms with Gasteiger partial charge in [0.05, 0.1) is 5.69 Å². The Hall–Kier alpha value is -2.47. The second-order valence-electron chi connectivity index (χ2n) is 7.00. The molecule has 0 aromatic heterocycles. The lowest BCUT2D eigenvalue weighted by Gasteiger charge is -2.26. The second-order valence-corrected chi connectivity index (χ2v) is 7.00. The van der Waals surface area contributed by atoms with Gasteiger partial charge in [-0.05, 0) is 43.0 Å². The standard InChI is InChI=1S/C21H25F2N3O/c22-18-8-2-1-6-15(18)12-16(24)13-21(27)26-11-5-7-17(26)14-25-20-10-4-3-9-19(20)23/h1-4,6,8-10,16-17,25H,5,7,11-14,24H2/t16-,17+/m1/s1. The predicted molar refractivity (Wildman–Crippen MR) is 102 cm³/mol. The van der Waals surface area contributed by atoms with Crippen molar-refractivity contribution in [3.8, 4) is 0 Å². The SMILES string of the molecule is N[C@@H](CC(=O)N1CCC[C@H]1CNc1ccccc1F)Cc1ccccc1F. The molecule has 1 heterocycles. The van der Waals surface area contributed by atoms with Crippen LogP contribution < -0.4 is 11.1 Å². The number of halogens is 2. The maximum absolute atomic E-state index is 13.8. The third-order valence-electron chi connectivity index (χ3n) is 4.98. The van der Waals surface area contributed by atoms with Crippen LogP contribution in [0, 0.1) is 11.6 Å². The molecule has 1 fully saturated rings. The fraction of sp³-hybridized carbons (Fsp3) is 0.381. The van der Waals surface area contributed by atoms with Crippen LogP contribution in [0.1, 0.15) is 24.8 Å². The summed E-state index contributed by atoms with van der Waals surface area (Å²) < 4.78 is 27.5. The number of hydrogen-bond donors (Lipinski definition) is 2. The molecule has 0 unspecified atom stereocenters. The molecule has 0 aliphatic carbocycles. The number of carbonyl (C=O) groups excluding carboxylic acids is 1. The lowest BCUT2D eigenvalue weighted by molar-refractivity contribution is -0.132. The van der Waals surface area contributed by atoms with Crippen molar-refractivity contribution in [3.63, 3.8) is 0 Å². The maximum atomic E-state index is 13.8. The fourth-order valence-corrected chi connectivity index (χ4v) is 3.57. The van der Waals surface area contributed by atoms with Crippen molar-refractivity contribution in [2.45, 2.75) is 37.8 Å². The molecular formula is C21H25F2N3O. The molecule has 0 radical (unpaired) electrons. The number of likely N-dealkylation sites (tertiary alicyclic amines) is 1. The number of nitrogens with two attached hydrogens (primary N) is 1. The molecule has 27 heavy (non-hydrogen) atoms. The van der Waals surface area contributed by atoms with Crippen LogP contribution in [0.25, 0.3) is 0 Å². The Morgan fingerprint density at radius 2 is 1.85 bits per heavy atom. The Bertz CT molecular complexity index is 784. The van der Waals surface area contributed by atoms with Gasteiger partial charge in [-0.3, -0.25) is 4.79 Å². The van der Waals surface area contributed by atoms with Crippen molar-refractivity contribution in [2.75, 3.05) is 18.4 Å². The minimum Gasteiger partial charge on any atom is -0.381 e. The van der Waals surface area contributed by atoms with Crippen LogP contribution >= 0.6 is 0 Å². The molecule has 1 amide bonds. The summed E-state index contributed by atoms with van der Waals surface area (Å²) in [7, 11) is 0. The average molecular weight is 373 g/mol. The first-order chi connectivity index (χ1) is 13.0. The van der Waals surface area contributed by atoms with E-state index < -0.39 is 6.04 Å². The third-order valence-corrected chi connectivity index (χ3v) is 4.98. The van der Waals surface area contributed by atoms with Crippen molar-refractivity contribution in [1.29, 1.82) is 0 Å². The van der Waals surface area contributed by atoms with Gasteiger partial charge in [0.1, 0.15) is 11.6 Å². The van der Waals surface area contributed by atoms with Crippen LogP contribution in [0.3, 0.4) is 0 Å². The highest BCUT2D eigenvalue weighted by Gasteiger charge is 2.29. The van der Waals surface area contributed by atoms with Crippen LogP contribution in [-0.4, -0.2) is 36.0 Å². The smallest absolute Gasteiger partial charge is 0.224 e. The van der Waals surface area contributed by atoms with E-state index >= 15 is 0 Å². The summed E-state index contributed by atoms with van der Waals surface area (Å²) in [5.74, 6) is -0.634. The number of rotatable bonds is 7. The molecule has 6 heteroatoms. The summed E-state index contributed by atoms with van der Waals surface area (Å²) in [6.07, 6.45) is 2.28. The molecule has 4 nitrogen and oxygen atoms in total. The lowest BCUT2D eigenvalue weighted by atomic mass is 10.0. The highest BCUT2D eigenvalue weighted by molar-refractivity contribution is 5.77. The Morgan fingerprint density at radius 3 is 2.59 bits per heavy atom. The Balaban J connectivity index is 1.54. The van der Waals surface area contributed by atoms with Gasteiger partial charge < -0.3 is 16.0 Å². The van der Waals surface area contributed by atoms with Gasteiger partial charge in [-0.15, -0.1) is 0 Å². The molecule has 1 saturated heterocycles. The number of amides is 1. The molecule has 0 spiro atoms. The molecule has 3 rings (SSSR count). The monoisotopic (exact) mass is 373 g/mol.